The SMILES string of the molecule is CC(C)CC1C2CC3CN(CC(C)C)C1C3(C(=O)NCc1ccncc1)NC2=O. The Balaban J connectivity index is 1.65. The van der Waals surface area contributed by atoms with Gasteiger partial charge in [0, 0.05) is 49.9 Å². The maximum Gasteiger partial charge on any atom is 0.248 e. The predicted octanol–water partition coefficient (Wildman–Crippen LogP) is 2.20. The summed E-state index contributed by atoms with van der Waals surface area (Å²) >= 11 is 0. The van der Waals surface area contributed by atoms with Crippen molar-refractivity contribution in [1.29, 1.82) is 0 Å². The van der Waals surface area contributed by atoms with Crippen LogP contribution in [-0.2, 0) is 16.1 Å². The van der Waals surface area contributed by atoms with Crippen LogP contribution in [0, 0.1) is 29.6 Å². The number of nitrogens with zero attached hydrogens (tertiary/aromatic N) is 2. The molecule has 6 nitrogen and oxygen atoms in total. The summed E-state index contributed by atoms with van der Waals surface area (Å²) in [5.41, 5.74) is 0.221. The highest BCUT2D eigenvalue weighted by molar-refractivity contribution is 5.97. The molecule has 2 N–H and O–H groups in total. The quantitative estimate of drug-likeness (QED) is 0.738. The number of carbonyl (C=O) groups excluding carboxylic acids is 2. The van der Waals surface area contributed by atoms with Gasteiger partial charge in [-0.25, -0.2) is 0 Å². The average molecular weight is 399 g/mol. The van der Waals surface area contributed by atoms with Crippen LogP contribution in [0.1, 0.15) is 46.1 Å². The molecular weight excluding hydrogens is 364 g/mol. The second-order valence-electron chi connectivity index (χ2n) is 10.0. The summed E-state index contributed by atoms with van der Waals surface area (Å²) < 4.78 is 0. The first-order valence-corrected chi connectivity index (χ1v) is 11.1. The maximum atomic E-state index is 13.7. The molecule has 4 aliphatic rings. The van der Waals surface area contributed by atoms with E-state index >= 15 is 0 Å². The van der Waals surface area contributed by atoms with E-state index in [1.807, 2.05) is 12.1 Å². The Morgan fingerprint density at radius 1 is 1.28 bits per heavy atom. The van der Waals surface area contributed by atoms with Gasteiger partial charge in [-0.1, -0.05) is 27.7 Å². The Kier molecular flexibility index (Phi) is 5.40. The monoisotopic (exact) mass is 398 g/mol. The molecule has 1 aromatic heterocycles. The first-order valence-electron chi connectivity index (χ1n) is 11.1. The van der Waals surface area contributed by atoms with E-state index in [1.165, 1.54) is 0 Å². The van der Waals surface area contributed by atoms with Crippen LogP contribution in [0.5, 0.6) is 0 Å². The molecule has 4 bridgehead atoms. The van der Waals surface area contributed by atoms with E-state index < -0.39 is 5.54 Å². The maximum absolute atomic E-state index is 13.7. The lowest BCUT2D eigenvalue weighted by Gasteiger charge is -2.55. The zero-order chi connectivity index (χ0) is 20.8. The highest BCUT2D eigenvalue weighted by atomic mass is 16.2. The van der Waals surface area contributed by atoms with Crippen LogP contribution in [0.25, 0.3) is 0 Å². The standard InChI is InChI=1S/C23H34N4O2/c1-14(2)9-18-19-10-17-13-27(12-15(3)4)20(18)23(17,26-21(19)28)22(29)25-11-16-5-7-24-8-6-16/h5-8,14-15,17-20H,9-13H2,1-4H3,(H,25,29)(H,26,28). The van der Waals surface area contributed by atoms with Crippen LogP contribution in [0.3, 0.4) is 0 Å². The van der Waals surface area contributed by atoms with Crippen LogP contribution < -0.4 is 10.6 Å². The summed E-state index contributed by atoms with van der Waals surface area (Å²) in [4.78, 5) is 33.2. The number of fused-ring (bicyclic) bond motifs is 1. The Morgan fingerprint density at radius 2 is 2.00 bits per heavy atom. The molecule has 158 valence electrons. The molecule has 3 saturated heterocycles. The van der Waals surface area contributed by atoms with Crippen molar-refractivity contribution in [2.24, 2.45) is 29.6 Å². The second-order valence-corrected chi connectivity index (χ2v) is 10.0. The Morgan fingerprint density at radius 3 is 2.66 bits per heavy atom. The van der Waals surface area contributed by atoms with Crippen molar-refractivity contribution in [3.8, 4) is 0 Å². The van der Waals surface area contributed by atoms with Gasteiger partial charge in [-0.15, -0.1) is 0 Å². The van der Waals surface area contributed by atoms with Gasteiger partial charge in [-0.3, -0.25) is 19.5 Å². The number of hydrogen-bond donors (Lipinski definition) is 2. The molecule has 1 aliphatic carbocycles. The molecule has 4 heterocycles. The van der Waals surface area contributed by atoms with Crippen molar-refractivity contribution in [2.75, 3.05) is 13.1 Å². The molecular formula is C23H34N4O2. The van der Waals surface area contributed by atoms with E-state index in [4.69, 9.17) is 0 Å². The average Bonchev–Trinajstić information content (AvgIpc) is 2.89. The fourth-order valence-electron chi connectivity index (χ4n) is 6.11. The molecule has 4 fully saturated rings. The van der Waals surface area contributed by atoms with E-state index in [-0.39, 0.29) is 35.6 Å². The molecule has 0 aromatic carbocycles. The van der Waals surface area contributed by atoms with Crippen LogP contribution in [0.15, 0.2) is 24.5 Å². The molecule has 1 saturated carbocycles. The highest BCUT2D eigenvalue weighted by Gasteiger charge is 2.70. The van der Waals surface area contributed by atoms with Crippen molar-refractivity contribution in [1.82, 2.24) is 20.5 Å². The lowest BCUT2D eigenvalue weighted by Crippen LogP contribution is -2.77. The van der Waals surface area contributed by atoms with Crippen LogP contribution in [-0.4, -0.2) is 46.4 Å². The van der Waals surface area contributed by atoms with Gasteiger partial charge in [-0.2, -0.15) is 0 Å². The number of aromatic nitrogens is 1. The molecule has 29 heavy (non-hydrogen) atoms. The van der Waals surface area contributed by atoms with Gasteiger partial charge in [0.2, 0.25) is 11.8 Å². The van der Waals surface area contributed by atoms with Gasteiger partial charge in [0.15, 0.2) is 0 Å². The zero-order valence-corrected chi connectivity index (χ0v) is 18.0. The Labute approximate surface area is 173 Å². The first-order chi connectivity index (χ1) is 13.8. The van der Waals surface area contributed by atoms with Gasteiger partial charge >= 0.3 is 0 Å². The molecule has 5 unspecified atom stereocenters. The van der Waals surface area contributed by atoms with Crippen molar-refractivity contribution < 1.29 is 9.59 Å². The molecule has 1 aromatic rings. The first kappa shape index (κ1) is 20.3. The minimum Gasteiger partial charge on any atom is -0.350 e. The smallest absolute Gasteiger partial charge is 0.248 e. The lowest BCUT2D eigenvalue weighted by molar-refractivity contribution is -0.155. The van der Waals surface area contributed by atoms with E-state index in [2.05, 4.69) is 48.2 Å². The summed E-state index contributed by atoms with van der Waals surface area (Å²) in [6.45, 7) is 11.2. The van der Waals surface area contributed by atoms with Crippen molar-refractivity contribution in [3.05, 3.63) is 30.1 Å². The number of likely N-dealkylation sites (tertiary alicyclic amines) is 1. The van der Waals surface area contributed by atoms with Gasteiger partial charge in [0.25, 0.3) is 0 Å². The summed E-state index contributed by atoms with van der Waals surface area (Å²) in [5, 5.41) is 6.37. The lowest BCUT2D eigenvalue weighted by atomic mass is 9.57. The van der Waals surface area contributed by atoms with Gasteiger partial charge in [0.05, 0.1) is 0 Å². The Bertz CT molecular complexity index is 765. The van der Waals surface area contributed by atoms with Crippen LogP contribution in [0.2, 0.25) is 0 Å². The molecule has 5 atom stereocenters. The summed E-state index contributed by atoms with van der Waals surface area (Å²) in [6, 6.07) is 3.91. The van der Waals surface area contributed by atoms with Gasteiger partial charge in [-0.05, 0) is 48.3 Å². The number of amides is 2. The summed E-state index contributed by atoms with van der Waals surface area (Å²) in [5.74, 6) is 1.57. The summed E-state index contributed by atoms with van der Waals surface area (Å²) in [6.07, 6.45) is 5.29. The van der Waals surface area contributed by atoms with Crippen LogP contribution >= 0.6 is 0 Å². The normalized spacial score (nSPS) is 33.4. The van der Waals surface area contributed by atoms with Crippen molar-refractivity contribution in [2.45, 2.75) is 58.7 Å². The van der Waals surface area contributed by atoms with E-state index in [9.17, 15) is 9.59 Å². The second kappa shape index (κ2) is 7.71. The third kappa shape index (κ3) is 3.45. The zero-order valence-electron chi connectivity index (χ0n) is 18.0. The van der Waals surface area contributed by atoms with Gasteiger partial charge < -0.3 is 10.6 Å². The number of rotatable bonds is 7. The number of carbonyl (C=O) groups is 2. The number of hydrogen-bond acceptors (Lipinski definition) is 4. The largest absolute Gasteiger partial charge is 0.350 e. The third-order valence-corrected chi connectivity index (χ3v) is 7.01. The van der Waals surface area contributed by atoms with Crippen molar-refractivity contribution in [3.63, 3.8) is 0 Å². The molecule has 6 heteroatoms. The number of nitrogens with one attached hydrogen (secondary N) is 2. The molecule has 0 radical (unpaired) electrons. The molecule has 2 amide bonds. The molecule has 3 aliphatic heterocycles. The van der Waals surface area contributed by atoms with E-state index in [1.54, 1.807) is 12.4 Å². The minimum atomic E-state index is -0.798. The predicted molar refractivity (Wildman–Crippen MR) is 112 cm³/mol. The topological polar surface area (TPSA) is 74.3 Å². The third-order valence-electron chi connectivity index (χ3n) is 7.01. The number of pyridine rings is 1. The fraction of sp³-hybridized carbons (Fsp3) is 0.696. The van der Waals surface area contributed by atoms with Gasteiger partial charge in [0.1, 0.15) is 5.54 Å². The minimum absolute atomic E-state index is 0.0178. The van der Waals surface area contributed by atoms with Crippen LogP contribution in [0.4, 0.5) is 0 Å². The highest BCUT2D eigenvalue weighted by Crippen LogP contribution is 2.54. The van der Waals surface area contributed by atoms with Crippen molar-refractivity contribution >= 4 is 11.8 Å². The van der Waals surface area contributed by atoms with E-state index in [0.717, 1.165) is 31.5 Å². The molecule has 5 rings (SSSR count). The summed E-state index contributed by atoms with van der Waals surface area (Å²) in [7, 11) is 0. The molecule has 0 spiro atoms. The fourth-order valence-corrected chi connectivity index (χ4v) is 6.11. The van der Waals surface area contributed by atoms with E-state index in [0.29, 0.717) is 18.4 Å². The number of piperidine rings is 2. The Hall–Kier alpha value is -1.95.